The summed E-state index contributed by atoms with van der Waals surface area (Å²) in [5, 5.41) is 15.1. The molecule has 0 atom stereocenters. The molecule has 0 amide bonds. The minimum absolute atomic E-state index is 0.250. The Morgan fingerprint density at radius 3 is 2.48 bits per heavy atom. The maximum Gasteiger partial charge on any atom is 0.339 e. The van der Waals surface area contributed by atoms with E-state index in [1.807, 2.05) is 56.3 Å². The topological polar surface area (TPSA) is 55.1 Å². The molecule has 0 saturated heterocycles. The molecule has 4 nitrogen and oxygen atoms in total. The standard InChI is InChI=1S/C20H19ClN2O2/c1-13(2)11-17-18(20(24)25)19(14-7-4-3-5-8-14)23(22-17)16-10-6-9-15(21)12-16/h3-10,12-13H,11H2,1-2H3,(H,24,25). The molecule has 0 aliphatic rings. The number of carbonyl (C=O) groups is 1. The monoisotopic (exact) mass is 354 g/mol. The molecule has 1 aromatic heterocycles. The summed E-state index contributed by atoms with van der Waals surface area (Å²) in [6.45, 7) is 4.10. The van der Waals surface area contributed by atoms with Crippen molar-refractivity contribution in [3.8, 4) is 16.9 Å². The molecule has 3 rings (SSSR count). The second kappa shape index (κ2) is 7.11. The van der Waals surface area contributed by atoms with Crippen molar-refractivity contribution in [2.45, 2.75) is 20.3 Å². The normalized spacial score (nSPS) is 11.0. The lowest BCUT2D eigenvalue weighted by Crippen LogP contribution is -2.05. The Labute approximate surface area is 151 Å². The molecule has 0 saturated carbocycles. The highest BCUT2D eigenvalue weighted by Crippen LogP contribution is 2.31. The van der Waals surface area contributed by atoms with Crippen molar-refractivity contribution in [3.63, 3.8) is 0 Å². The van der Waals surface area contributed by atoms with Gasteiger partial charge in [-0.3, -0.25) is 0 Å². The zero-order chi connectivity index (χ0) is 18.0. The van der Waals surface area contributed by atoms with Gasteiger partial charge in [0.2, 0.25) is 0 Å². The van der Waals surface area contributed by atoms with Crippen LogP contribution in [0.5, 0.6) is 0 Å². The van der Waals surface area contributed by atoms with Crippen molar-refractivity contribution in [1.29, 1.82) is 0 Å². The molecule has 0 spiro atoms. The molecular weight excluding hydrogens is 336 g/mol. The third-order valence-electron chi connectivity index (χ3n) is 3.87. The van der Waals surface area contributed by atoms with Crippen LogP contribution >= 0.6 is 11.6 Å². The first kappa shape index (κ1) is 17.2. The van der Waals surface area contributed by atoms with E-state index < -0.39 is 5.97 Å². The van der Waals surface area contributed by atoms with Crippen molar-refractivity contribution in [3.05, 3.63) is 70.9 Å². The summed E-state index contributed by atoms with van der Waals surface area (Å²) in [5.74, 6) is -0.674. The molecule has 0 aliphatic heterocycles. The quantitative estimate of drug-likeness (QED) is 0.694. The molecule has 0 unspecified atom stereocenters. The van der Waals surface area contributed by atoms with Crippen molar-refractivity contribution in [1.82, 2.24) is 9.78 Å². The molecule has 0 fully saturated rings. The van der Waals surface area contributed by atoms with Gasteiger partial charge in [0, 0.05) is 10.6 Å². The molecule has 1 heterocycles. The Balaban J connectivity index is 2.31. The van der Waals surface area contributed by atoms with Crippen LogP contribution in [0.15, 0.2) is 54.6 Å². The highest BCUT2D eigenvalue weighted by molar-refractivity contribution is 6.30. The van der Waals surface area contributed by atoms with Crippen LogP contribution in [0.25, 0.3) is 16.9 Å². The summed E-state index contributed by atoms with van der Waals surface area (Å²) in [6, 6.07) is 16.7. The molecule has 25 heavy (non-hydrogen) atoms. The lowest BCUT2D eigenvalue weighted by atomic mass is 10.0. The first-order valence-electron chi connectivity index (χ1n) is 8.14. The summed E-state index contributed by atoms with van der Waals surface area (Å²) in [5.41, 5.74) is 2.96. The van der Waals surface area contributed by atoms with Crippen LogP contribution < -0.4 is 0 Å². The Kier molecular flexibility index (Phi) is 4.91. The Morgan fingerprint density at radius 1 is 1.16 bits per heavy atom. The van der Waals surface area contributed by atoms with Gasteiger partial charge >= 0.3 is 5.97 Å². The lowest BCUT2D eigenvalue weighted by Gasteiger charge is -2.09. The van der Waals surface area contributed by atoms with Crippen LogP contribution in [-0.4, -0.2) is 20.9 Å². The molecular formula is C20H19ClN2O2. The number of hydrogen-bond donors (Lipinski definition) is 1. The fourth-order valence-corrected chi connectivity index (χ4v) is 3.06. The van der Waals surface area contributed by atoms with Gasteiger partial charge in [0.25, 0.3) is 0 Å². The number of carboxylic acid groups (broad SMARTS) is 1. The molecule has 128 valence electrons. The van der Waals surface area contributed by atoms with E-state index in [1.165, 1.54) is 0 Å². The van der Waals surface area contributed by atoms with Gasteiger partial charge in [-0.05, 0) is 30.5 Å². The average Bonchev–Trinajstić information content (AvgIpc) is 2.94. The number of rotatable bonds is 5. The van der Waals surface area contributed by atoms with Crippen molar-refractivity contribution < 1.29 is 9.90 Å². The third-order valence-corrected chi connectivity index (χ3v) is 4.11. The van der Waals surface area contributed by atoms with Gasteiger partial charge in [0.15, 0.2) is 0 Å². The number of benzene rings is 2. The number of nitrogens with zero attached hydrogens (tertiary/aromatic N) is 2. The van der Waals surface area contributed by atoms with E-state index in [0.717, 1.165) is 11.3 Å². The third kappa shape index (κ3) is 3.59. The van der Waals surface area contributed by atoms with E-state index in [-0.39, 0.29) is 5.56 Å². The number of aromatic carboxylic acids is 1. The van der Waals surface area contributed by atoms with Crippen molar-refractivity contribution >= 4 is 17.6 Å². The minimum Gasteiger partial charge on any atom is -0.478 e. The molecule has 3 aromatic rings. The predicted molar refractivity (Wildman–Crippen MR) is 99.5 cm³/mol. The molecule has 5 heteroatoms. The van der Waals surface area contributed by atoms with Crippen LogP contribution in [-0.2, 0) is 6.42 Å². The van der Waals surface area contributed by atoms with E-state index in [9.17, 15) is 9.90 Å². The molecule has 0 aliphatic carbocycles. The largest absolute Gasteiger partial charge is 0.478 e. The van der Waals surface area contributed by atoms with E-state index in [0.29, 0.717) is 28.7 Å². The van der Waals surface area contributed by atoms with Gasteiger partial charge in [-0.2, -0.15) is 5.10 Å². The van der Waals surface area contributed by atoms with Crippen LogP contribution in [0.2, 0.25) is 5.02 Å². The van der Waals surface area contributed by atoms with Gasteiger partial charge in [0.05, 0.1) is 17.1 Å². The summed E-state index contributed by atoms with van der Waals surface area (Å²) >= 11 is 6.13. The molecule has 1 N–H and O–H groups in total. The SMILES string of the molecule is CC(C)Cc1nn(-c2cccc(Cl)c2)c(-c2ccccc2)c1C(=O)O. The minimum atomic E-state index is -0.970. The van der Waals surface area contributed by atoms with Gasteiger partial charge in [0.1, 0.15) is 5.56 Å². The van der Waals surface area contributed by atoms with Gasteiger partial charge < -0.3 is 5.11 Å². The van der Waals surface area contributed by atoms with Gasteiger partial charge in [-0.25, -0.2) is 9.48 Å². The maximum absolute atomic E-state index is 12.0. The summed E-state index contributed by atoms with van der Waals surface area (Å²) < 4.78 is 1.68. The second-order valence-corrected chi connectivity index (χ2v) is 6.77. The zero-order valence-electron chi connectivity index (χ0n) is 14.1. The van der Waals surface area contributed by atoms with Crippen LogP contribution in [0.3, 0.4) is 0 Å². The first-order valence-corrected chi connectivity index (χ1v) is 8.51. The second-order valence-electron chi connectivity index (χ2n) is 6.33. The Morgan fingerprint density at radius 2 is 1.88 bits per heavy atom. The number of carboxylic acids is 1. The van der Waals surface area contributed by atoms with Crippen LogP contribution in [0.4, 0.5) is 0 Å². The highest BCUT2D eigenvalue weighted by Gasteiger charge is 2.25. The van der Waals surface area contributed by atoms with Crippen LogP contribution in [0.1, 0.15) is 29.9 Å². The first-order chi connectivity index (χ1) is 12.0. The zero-order valence-corrected chi connectivity index (χ0v) is 14.9. The highest BCUT2D eigenvalue weighted by atomic mass is 35.5. The van der Waals surface area contributed by atoms with Crippen molar-refractivity contribution in [2.75, 3.05) is 0 Å². The van der Waals surface area contributed by atoms with E-state index >= 15 is 0 Å². The fourth-order valence-electron chi connectivity index (χ4n) is 2.87. The van der Waals surface area contributed by atoms with E-state index in [4.69, 9.17) is 11.6 Å². The molecule has 0 bridgehead atoms. The smallest absolute Gasteiger partial charge is 0.339 e. The number of hydrogen-bond acceptors (Lipinski definition) is 2. The van der Waals surface area contributed by atoms with Crippen molar-refractivity contribution in [2.24, 2.45) is 5.92 Å². The van der Waals surface area contributed by atoms with Crippen LogP contribution in [0, 0.1) is 5.92 Å². The fraction of sp³-hybridized carbons (Fsp3) is 0.200. The Bertz CT molecular complexity index is 901. The van der Waals surface area contributed by atoms with E-state index in [2.05, 4.69) is 5.10 Å². The van der Waals surface area contributed by atoms with Gasteiger partial charge in [-0.15, -0.1) is 0 Å². The summed E-state index contributed by atoms with van der Waals surface area (Å²) in [4.78, 5) is 12.0. The predicted octanol–water partition coefficient (Wildman–Crippen LogP) is 5.09. The van der Waals surface area contributed by atoms with Gasteiger partial charge in [-0.1, -0.05) is 61.8 Å². The maximum atomic E-state index is 12.0. The molecule has 0 radical (unpaired) electrons. The number of halogens is 1. The summed E-state index contributed by atoms with van der Waals surface area (Å²) in [6.07, 6.45) is 0.592. The molecule has 2 aromatic carbocycles. The van der Waals surface area contributed by atoms with E-state index in [1.54, 1.807) is 16.8 Å². The lowest BCUT2D eigenvalue weighted by molar-refractivity contribution is 0.0696. The summed E-state index contributed by atoms with van der Waals surface area (Å²) in [7, 11) is 0. The number of aromatic nitrogens is 2. The Hall–Kier alpha value is -2.59. The average molecular weight is 355 g/mol.